The van der Waals surface area contributed by atoms with E-state index in [9.17, 15) is 22.8 Å². The second-order valence-electron chi connectivity index (χ2n) is 4.31. The molecule has 0 aliphatic rings. The van der Waals surface area contributed by atoms with Gasteiger partial charge in [-0.2, -0.15) is 0 Å². The van der Waals surface area contributed by atoms with Crippen molar-refractivity contribution in [1.82, 2.24) is 9.97 Å². The molecule has 1 aromatic heterocycles. The lowest BCUT2D eigenvalue weighted by Crippen LogP contribution is -2.29. The van der Waals surface area contributed by atoms with Gasteiger partial charge in [-0.15, -0.1) is 0 Å². The van der Waals surface area contributed by atoms with E-state index in [1.54, 1.807) is 6.92 Å². The van der Waals surface area contributed by atoms with Gasteiger partial charge in [0.1, 0.15) is 0 Å². The highest BCUT2D eigenvalue weighted by Crippen LogP contribution is 2.19. The first kappa shape index (κ1) is 16.5. The number of carbonyl (C=O) groups excluding carboxylic acids is 1. The molecule has 9 nitrogen and oxygen atoms in total. The largest absolute Gasteiger partial charge is 0.462 e. The third-order valence-electron chi connectivity index (χ3n) is 2.74. The molecule has 10 heteroatoms. The van der Waals surface area contributed by atoms with E-state index in [1.165, 1.54) is 24.3 Å². The SMILES string of the molecule is CCOC(=O)c1ccccc1NS(=O)(=O)c1c[nH]c(=O)[nH]c1=O. The summed E-state index contributed by atoms with van der Waals surface area (Å²) >= 11 is 0. The van der Waals surface area contributed by atoms with Crippen LogP contribution in [0.4, 0.5) is 5.69 Å². The van der Waals surface area contributed by atoms with Gasteiger partial charge >= 0.3 is 11.7 Å². The Bertz CT molecular complexity index is 944. The molecule has 0 aliphatic heterocycles. The molecule has 0 unspecified atom stereocenters. The van der Waals surface area contributed by atoms with Crippen LogP contribution in [-0.2, 0) is 14.8 Å². The number of sulfonamides is 1. The van der Waals surface area contributed by atoms with Gasteiger partial charge < -0.3 is 9.72 Å². The Labute approximate surface area is 130 Å². The van der Waals surface area contributed by atoms with Crippen LogP contribution in [0, 0.1) is 0 Å². The number of hydrogen-bond acceptors (Lipinski definition) is 6. The van der Waals surface area contributed by atoms with Gasteiger partial charge in [0.2, 0.25) is 0 Å². The first-order valence-corrected chi connectivity index (χ1v) is 7.94. The molecule has 3 N–H and O–H groups in total. The van der Waals surface area contributed by atoms with Crippen LogP contribution in [0.3, 0.4) is 0 Å². The van der Waals surface area contributed by atoms with Gasteiger partial charge in [-0.25, -0.2) is 18.0 Å². The number of para-hydroxylation sites is 1. The Kier molecular flexibility index (Phi) is 4.65. The number of H-pyrrole nitrogens is 2. The zero-order chi connectivity index (χ0) is 17.0. The van der Waals surface area contributed by atoms with Gasteiger partial charge in [-0.3, -0.25) is 14.5 Å². The molecule has 0 fully saturated rings. The number of anilines is 1. The highest BCUT2D eigenvalue weighted by Gasteiger charge is 2.22. The van der Waals surface area contributed by atoms with E-state index in [2.05, 4.69) is 9.71 Å². The number of aromatic nitrogens is 2. The first-order chi connectivity index (χ1) is 10.8. The van der Waals surface area contributed by atoms with Crippen molar-refractivity contribution < 1.29 is 17.9 Å². The average molecular weight is 339 g/mol. The molecule has 23 heavy (non-hydrogen) atoms. The van der Waals surface area contributed by atoms with Crippen LogP contribution < -0.4 is 16.0 Å². The lowest BCUT2D eigenvalue weighted by Gasteiger charge is -2.11. The number of hydrogen-bond donors (Lipinski definition) is 3. The topological polar surface area (TPSA) is 138 Å². The van der Waals surface area contributed by atoms with Crippen LogP contribution in [0.15, 0.2) is 44.9 Å². The molecule has 0 amide bonds. The minimum Gasteiger partial charge on any atom is -0.462 e. The predicted molar refractivity (Wildman–Crippen MR) is 80.9 cm³/mol. The van der Waals surface area contributed by atoms with Crippen LogP contribution in [0.2, 0.25) is 0 Å². The van der Waals surface area contributed by atoms with Crippen LogP contribution in [-0.4, -0.2) is 31.0 Å². The summed E-state index contributed by atoms with van der Waals surface area (Å²) in [5.74, 6) is -0.707. The van der Waals surface area contributed by atoms with E-state index in [-0.39, 0.29) is 17.9 Å². The minimum atomic E-state index is -4.30. The first-order valence-electron chi connectivity index (χ1n) is 6.46. The summed E-state index contributed by atoms with van der Waals surface area (Å²) < 4.78 is 31.5. The van der Waals surface area contributed by atoms with E-state index in [0.29, 0.717) is 0 Å². The number of nitrogens with one attached hydrogen (secondary N) is 3. The predicted octanol–water partition coefficient (Wildman–Crippen LogP) is 0.0407. The number of benzene rings is 1. The van der Waals surface area contributed by atoms with Gasteiger partial charge in [-0.05, 0) is 19.1 Å². The zero-order valence-corrected chi connectivity index (χ0v) is 12.8. The fourth-order valence-electron chi connectivity index (χ4n) is 1.76. The molecule has 0 saturated heterocycles. The van der Waals surface area contributed by atoms with E-state index >= 15 is 0 Å². The monoisotopic (exact) mass is 339 g/mol. The van der Waals surface area contributed by atoms with Crippen LogP contribution >= 0.6 is 0 Å². The maximum absolute atomic E-state index is 12.3. The molecule has 1 heterocycles. The number of esters is 1. The van der Waals surface area contributed by atoms with Crippen molar-refractivity contribution in [3.05, 3.63) is 56.9 Å². The fourth-order valence-corrected chi connectivity index (χ4v) is 2.84. The summed E-state index contributed by atoms with van der Waals surface area (Å²) in [6.45, 7) is 1.74. The second-order valence-corrected chi connectivity index (χ2v) is 5.96. The quantitative estimate of drug-likeness (QED) is 0.658. The smallest absolute Gasteiger partial charge is 0.340 e. The van der Waals surface area contributed by atoms with Crippen LogP contribution in [0.1, 0.15) is 17.3 Å². The maximum atomic E-state index is 12.3. The zero-order valence-electron chi connectivity index (χ0n) is 12.0. The van der Waals surface area contributed by atoms with Crippen LogP contribution in [0.25, 0.3) is 0 Å². The Morgan fingerprint density at radius 3 is 2.61 bits per heavy atom. The molecule has 0 spiro atoms. The van der Waals surface area contributed by atoms with Gasteiger partial charge in [-0.1, -0.05) is 12.1 Å². The summed E-state index contributed by atoms with van der Waals surface area (Å²) in [6.07, 6.45) is 0.774. The molecular formula is C13H13N3O6S. The minimum absolute atomic E-state index is 0.00113. The van der Waals surface area contributed by atoms with Crippen molar-refractivity contribution >= 4 is 21.7 Å². The average Bonchev–Trinajstić information content (AvgIpc) is 2.47. The standard InChI is InChI=1S/C13H13N3O6S/c1-2-22-12(18)8-5-3-4-6-9(8)16-23(20,21)10-7-14-13(19)15-11(10)17/h3-7,16H,2H2,1H3,(H2,14,15,17,19). The van der Waals surface area contributed by atoms with Crippen molar-refractivity contribution in [2.45, 2.75) is 11.8 Å². The van der Waals surface area contributed by atoms with E-state index < -0.39 is 32.1 Å². The molecule has 0 bridgehead atoms. The molecule has 2 aromatic rings. The second kappa shape index (κ2) is 6.48. The van der Waals surface area contributed by atoms with Crippen molar-refractivity contribution in [1.29, 1.82) is 0 Å². The van der Waals surface area contributed by atoms with Gasteiger partial charge in [0.15, 0.2) is 4.90 Å². The number of rotatable bonds is 5. The van der Waals surface area contributed by atoms with Gasteiger partial charge in [0.05, 0.1) is 17.9 Å². The van der Waals surface area contributed by atoms with Crippen molar-refractivity contribution in [2.24, 2.45) is 0 Å². The molecular weight excluding hydrogens is 326 g/mol. The summed E-state index contributed by atoms with van der Waals surface area (Å²) in [7, 11) is -4.30. The van der Waals surface area contributed by atoms with Crippen LogP contribution in [0.5, 0.6) is 0 Å². The van der Waals surface area contributed by atoms with Gasteiger partial charge in [0.25, 0.3) is 15.6 Å². The van der Waals surface area contributed by atoms with Crippen molar-refractivity contribution in [3.8, 4) is 0 Å². The Morgan fingerprint density at radius 1 is 1.26 bits per heavy atom. The summed E-state index contributed by atoms with van der Waals surface area (Å²) in [5.41, 5.74) is -1.95. The molecule has 1 aromatic carbocycles. The van der Waals surface area contributed by atoms with E-state index in [0.717, 1.165) is 6.20 Å². The highest BCUT2D eigenvalue weighted by atomic mass is 32.2. The number of aromatic amines is 2. The fraction of sp³-hybridized carbons (Fsp3) is 0.154. The molecule has 122 valence electrons. The lowest BCUT2D eigenvalue weighted by molar-refractivity contribution is 0.0527. The van der Waals surface area contributed by atoms with E-state index in [1.807, 2.05) is 4.98 Å². The Balaban J connectivity index is 2.44. The molecule has 2 rings (SSSR count). The third-order valence-corrected chi connectivity index (χ3v) is 4.11. The summed E-state index contributed by atoms with van der Waals surface area (Å²) in [5, 5.41) is 0. The maximum Gasteiger partial charge on any atom is 0.340 e. The molecule has 0 saturated carbocycles. The van der Waals surface area contributed by atoms with Crippen molar-refractivity contribution in [3.63, 3.8) is 0 Å². The van der Waals surface area contributed by atoms with E-state index in [4.69, 9.17) is 4.74 Å². The number of carbonyl (C=O) groups is 1. The molecule has 0 aliphatic carbocycles. The summed E-state index contributed by atoms with van der Waals surface area (Å²) in [4.78, 5) is 37.6. The number of ether oxygens (including phenoxy) is 1. The molecule has 0 atom stereocenters. The Morgan fingerprint density at radius 2 is 1.96 bits per heavy atom. The summed E-state index contributed by atoms with van der Waals surface area (Å²) in [6, 6.07) is 5.78. The van der Waals surface area contributed by atoms with Gasteiger partial charge in [0, 0.05) is 6.20 Å². The third kappa shape index (κ3) is 3.66. The molecule has 0 radical (unpaired) electrons. The lowest BCUT2D eigenvalue weighted by atomic mass is 10.2. The normalized spacial score (nSPS) is 11.0. The highest BCUT2D eigenvalue weighted by molar-refractivity contribution is 7.92. The van der Waals surface area contributed by atoms with Crippen molar-refractivity contribution in [2.75, 3.05) is 11.3 Å². The Hall–Kier alpha value is -2.88.